The van der Waals surface area contributed by atoms with Crippen LogP contribution in [0.5, 0.6) is 0 Å². The van der Waals surface area contributed by atoms with Gasteiger partial charge in [-0.3, -0.25) is 9.52 Å². The zero-order valence-corrected chi connectivity index (χ0v) is 18.1. The second kappa shape index (κ2) is 7.38. The summed E-state index contributed by atoms with van der Waals surface area (Å²) in [5.41, 5.74) is 4.08. The highest BCUT2D eigenvalue weighted by Gasteiger charge is 2.51. The number of hydrogen-bond donors (Lipinski definition) is 1. The van der Waals surface area contributed by atoms with Crippen molar-refractivity contribution in [3.63, 3.8) is 0 Å². The Balaban J connectivity index is 0.00000245. The lowest BCUT2D eigenvalue weighted by molar-refractivity contribution is -0.121. The van der Waals surface area contributed by atoms with Crippen LogP contribution in [0.1, 0.15) is 56.6 Å². The number of fused-ring (bicyclic) bond motifs is 1. The molecule has 2 saturated carbocycles. The van der Waals surface area contributed by atoms with Gasteiger partial charge in [0.05, 0.1) is 17.4 Å². The number of hydrogen-bond acceptors (Lipinski definition) is 4. The lowest BCUT2D eigenvalue weighted by Gasteiger charge is -2.57. The Kier molecular flexibility index (Phi) is 4.78. The van der Waals surface area contributed by atoms with E-state index in [1.54, 1.807) is 30.3 Å². The maximum Gasteiger partial charge on any atom is 0.236 e. The van der Waals surface area contributed by atoms with Gasteiger partial charge in [-0.15, -0.1) is 0 Å². The van der Waals surface area contributed by atoms with Crippen LogP contribution in [-0.2, 0) is 27.0 Å². The number of aryl methyl sites for hydroxylation is 1. The van der Waals surface area contributed by atoms with Crippen LogP contribution in [0.4, 0.5) is 11.4 Å². The average molecular weight is 438 g/mol. The van der Waals surface area contributed by atoms with Crippen LogP contribution in [0.2, 0.25) is 0 Å². The molecule has 1 amide bonds. The van der Waals surface area contributed by atoms with E-state index in [9.17, 15) is 13.2 Å². The number of carbonyl (C=O) groups excluding carboxylic acids is 1. The van der Waals surface area contributed by atoms with Gasteiger partial charge >= 0.3 is 0 Å². The Hall–Kier alpha value is -2.85. The van der Waals surface area contributed by atoms with E-state index in [0.29, 0.717) is 35.1 Å². The van der Waals surface area contributed by atoms with E-state index in [4.69, 9.17) is 5.26 Å². The van der Waals surface area contributed by atoms with E-state index in [1.807, 2.05) is 23.1 Å². The third-order valence-electron chi connectivity index (χ3n) is 7.05. The fourth-order valence-corrected chi connectivity index (χ4v) is 6.49. The standard InChI is InChI=1S/C24H25N3O3S.H2/c25-15-17-2-4-18(5-3-17)16-31(29,30)26-20-7-8-22-19(12-20)6-9-23(28)27(22)21-13-24(14-21)10-1-11-24;/h2-5,7-8,12,21,26H,1,6,9-11,13-14,16H2;1H. The predicted octanol–water partition coefficient (Wildman–Crippen LogP) is 4.36. The molecule has 0 unspecified atom stereocenters. The lowest BCUT2D eigenvalue weighted by atomic mass is 9.53. The first-order chi connectivity index (χ1) is 14.9. The molecule has 0 radical (unpaired) electrons. The van der Waals surface area contributed by atoms with Gasteiger partial charge in [-0.2, -0.15) is 5.26 Å². The minimum absolute atomic E-state index is 0. The van der Waals surface area contributed by atoms with Gasteiger partial charge in [-0.25, -0.2) is 8.42 Å². The highest BCUT2D eigenvalue weighted by molar-refractivity contribution is 7.91. The fourth-order valence-electron chi connectivity index (χ4n) is 5.30. The molecule has 0 bridgehead atoms. The zero-order valence-electron chi connectivity index (χ0n) is 17.3. The van der Waals surface area contributed by atoms with Gasteiger partial charge < -0.3 is 4.90 Å². The van der Waals surface area contributed by atoms with Gasteiger partial charge in [0.25, 0.3) is 0 Å². The van der Waals surface area contributed by atoms with Gasteiger partial charge in [0.2, 0.25) is 15.9 Å². The van der Waals surface area contributed by atoms with E-state index in [-0.39, 0.29) is 19.1 Å². The van der Waals surface area contributed by atoms with E-state index < -0.39 is 10.0 Å². The van der Waals surface area contributed by atoms with Crippen LogP contribution < -0.4 is 9.62 Å². The number of benzene rings is 2. The van der Waals surface area contributed by atoms with Gasteiger partial charge in [0, 0.05) is 25.3 Å². The molecule has 1 spiro atoms. The molecule has 1 aliphatic heterocycles. The number of anilines is 2. The molecule has 2 aromatic carbocycles. The van der Waals surface area contributed by atoms with Crippen molar-refractivity contribution < 1.29 is 14.6 Å². The number of nitriles is 1. The summed E-state index contributed by atoms with van der Waals surface area (Å²) in [4.78, 5) is 14.6. The smallest absolute Gasteiger partial charge is 0.236 e. The SMILES string of the molecule is N#Cc1ccc(CS(=O)(=O)Nc2ccc3c(c2)CCC(=O)N3C2CC3(CCC3)C2)cc1.[HH]. The van der Waals surface area contributed by atoms with E-state index >= 15 is 0 Å². The second-order valence-corrected chi connectivity index (χ2v) is 10.9. The maximum atomic E-state index is 12.7. The third kappa shape index (κ3) is 3.81. The molecule has 3 aliphatic rings. The molecule has 1 N–H and O–H groups in total. The van der Waals surface area contributed by atoms with Gasteiger partial charge in [-0.05, 0) is 79.0 Å². The molecule has 6 nitrogen and oxygen atoms in total. The van der Waals surface area contributed by atoms with E-state index in [0.717, 1.165) is 24.1 Å². The van der Waals surface area contributed by atoms with Gasteiger partial charge in [-0.1, -0.05) is 18.6 Å². The number of rotatable bonds is 5. The lowest BCUT2D eigenvalue weighted by Crippen LogP contribution is -2.56. The normalized spacial score (nSPS) is 19.8. The summed E-state index contributed by atoms with van der Waals surface area (Å²) >= 11 is 0. The van der Waals surface area contributed by atoms with Crippen LogP contribution in [0.25, 0.3) is 0 Å². The second-order valence-electron chi connectivity index (χ2n) is 9.19. The molecule has 0 atom stereocenters. The minimum atomic E-state index is -3.59. The molecule has 7 heteroatoms. The third-order valence-corrected chi connectivity index (χ3v) is 8.31. The Morgan fingerprint density at radius 3 is 2.52 bits per heavy atom. The Bertz CT molecular complexity index is 1180. The highest BCUT2D eigenvalue weighted by Crippen LogP contribution is 2.58. The van der Waals surface area contributed by atoms with Gasteiger partial charge in [0.15, 0.2) is 0 Å². The van der Waals surface area contributed by atoms with Crippen molar-refractivity contribution in [3.8, 4) is 6.07 Å². The van der Waals surface area contributed by atoms with Crippen molar-refractivity contribution in [3.05, 3.63) is 59.2 Å². The molecular weight excluding hydrogens is 410 g/mol. The van der Waals surface area contributed by atoms with Crippen LogP contribution in [0, 0.1) is 16.7 Å². The maximum absolute atomic E-state index is 12.7. The number of nitrogens with one attached hydrogen (secondary N) is 1. The van der Waals surface area contributed by atoms with Gasteiger partial charge in [0.1, 0.15) is 0 Å². The average Bonchev–Trinajstić information content (AvgIpc) is 2.67. The topological polar surface area (TPSA) is 90.3 Å². The predicted molar refractivity (Wildman–Crippen MR) is 121 cm³/mol. The molecule has 5 rings (SSSR count). The first kappa shape index (κ1) is 20.1. The summed E-state index contributed by atoms with van der Waals surface area (Å²) in [6.45, 7) is 0. The molecule has 31 heavy (non-hydrogen) atoms. The summed E-state index contributed by atoms with van der Waals surface area (Å²) in [6.07, 6.45) is 7.18. The summed E-state index contributed by atoms with van der Waals surface area (Å²) < 4.78 is 27.9. The molecule has 2 fully saturated rings. The fraction of sp³-hybridized carbons (Fsp3) is 0.417. The number of nitrogens with zero attached hydrogens (tertiary/aromatic N) is 2. The monoisotopic (exact) mass is 437 g/mol. The first-order valence-electron chi connectivity index (χ1n) is 10.8. The van der Waals surface area contributed by atoms with Crippen molar-refractivity contribution in [2.24, 2.45) is 5.41 Å². The molecule has 2 aromatic rings. The van der Waals surface area contributed by atoms with Crippen molar-refractivity contribution in [1.82, 2.24) is 0 Å². The van der Waals surface area contributed by atoms with E-state index in [2.05, 4.69) is 4.72 Å². The van der Waals surface area contributed by atoms with Crippen LogP contribution in [0.15, 0.2) is 42.5 Å². The van der Waals surface area contributed by atoms with Crippen molar-refractivity contribution in [1.29, 1.82) is 5.26 Å². The molecule has 0 aromatic heterocycles. The number of carbonyl (C=O) groups is 1. The van der Waals surface area contributed by atoms with Crippen molar-refractivity contribution in [2.75, 3.05) is 9.62 Å². The summed E-state index contributed by atoms with van der Waals surface area (Å²) in [5, 5.41) is 8.88. The molecule has 1 heterocycles. The summed E-state index contributed by atoms with van der Waals surface area (Å²) in [7, 11) is -3.59. The zero-order chi connectivity index (χ0) is 21.6. The molecule has 2 aliphatic carbocycles. The Labute approximate surface area is 184 Å². The van der Waals surface area contributed by atoms with Crippen molar-refractivity contribution >= 4 is 27.3 Å². The van der Waals surface area contributed by atoms with Crippen LogP contribution in [-0.4, -0.2) is 20.4 Å². The molecule has 0 saturated heterocycles. The Morgan fingerprint density at radius 2 is 1.87 bits per heavy atom. The number of amides is 1. The summed E-state index contributed by atoms with van der Waals surface area (Å²) in [6, 6.07) is 14.3. The molecular formula is C24H27N3O3S. The van der Waals surface area contributed by atoms with E-state index in [1.165, 1.54) is 19.3 Å². The molecule has 162 valence electrons. The quantitative estimate of drug-likeness (QED) is 0.753. The summed E-state index contributed by atoms with van der Waals surface area (Å²) in [5.74, 6) is 0.0192. The minimum Gasteiger partial charge on any atom is -0.309 e. The number of sulfonamides is 1. The van der Waals surface area contributed by atoms with Crippen LogP contribution in [0.3, 0.4) is 0 Å². The Morgan fingerprint density at radius 1 is 1.13 bits per heavy atom. The van der Waals surface area contributed by atoms with Crippen molar-refractivity contribution in [2.45, 2.75) is 56.7 Å². The largest absolute Gasteiger partial charge is 0.309 e. The van der Waals surface area contributed by atoms with Crippen LogP contribution >= 0.6 is 0 Å². The highest BCUT2D eigenvalue weighted by atomic mass is 32.2. The first-order valence-corrected chi connectivity index (χ1v) is 12.5.